The molecule has 378 valence electrons. The van der Waals surface area contributed by atoms with Crippen molar-refractivity contribution in [2.75, 3.05) is 9.80 Å². The molecule has 0 radical (unpaired) electrons. The number of nitrogens with zero attached hydrogens (tertiary/aromatic N) is 2. The zero-order chi connectivity index (χ0) is 53.2. The first-order chi connectivity index (χ1) is 39.2. The number of hydrogen-bond donors (Lipinski definition) is 0. The molecule has 0 saturated heterocycles. The lowest BCUT2D eigenvalue weighted by Gasteiger charge is -2.40. The molecule has 0 bridgehead atoms. The van der Waals surface area contributed by atoms with Gasteiger partial charge in [-0.1, -0.05) is 204 Å². The van der Waals surface area contributed by atoms with E-state index in [1.54, 1.807) is 0 Å². The molecular formula is C77H54N2O. The van der Waals surface area contributed by atoms with Crippen molar-refractivity contribution in [3.63, 3.8) is 0 Å². The Labute approximate surface area is 466 Å². The Balaban J connectivity index is 0.953. The first-order valence-electron chi connectivity index (χ1n) is 28.2. The molecule has 0 aliphatic heterocycles. The van der Waals surface area contributed by atoms with Crippen LogP contribution in [0.3, 0.4) is 0 Å². The third kappa shape index (κ3) is 5.94. The van der Waals surface area contributed by atoms with Crippen LogP contribution in [0.25, 0.3) is 77.2 Å². The van der Waals surface area contributed by atoms with E-state index in [4.69, 9.17) is 4.42 Å². The zero-order valence-electron chi connectivity index (χ0n) is 45.1. The molecule has 4 aliphatic rings. The number of hydrogen-bond acceptors (Lipinski definition) is 3. The van der Waals surface area contributed by atoms with Gasteiger partial charge in [0, 0.05) is 61.3 Å². The largest absolute Gasteiger partial charge is 0.455 e. The number of furan rings is 1. The van der Waals surface area contributed by atoms with Crippen LogP contribution in [0.4, 0.5) is 34.1 Å². The lowest BCUT2D eigenvalue weighted by Crippen LogP contribution is -2.32. The van der Waals surface area contributed by atoms with Gasteiger partial charge in [-0.25, -0.2) is 0 Å². The maximum absolute atomic E-state index is 7.17. The van der Waals surface area contributed by atoms with Crippen molar-refractivity contribution in [3.05, 3.63) is 299 Å². The molecule has 1 spiro atoms. The average molecular weight is 1020 g/mol. The standard InChI is InChI=1S/C77H54N2O/c1-75(2)63-29-14-11-25-54(63)56-37-33-50(43-67(56)75)78(48-21-7-5-8-22-48)52-35-39-58-59-40-36-53(79(49-23-9-6-10-24-49)51-34-38-57-55-26-12-15-30-64(55)76(3,4)68(57)44-51)46-70(59)77(69(58)45-52)65-31-18-20-47-19-17-28-62(72(47)65)73-66(77)42-41-61-60-27-13-16-32-71(60)80-74(61)73/h5-46H,1-4H3. The van der Waals surface area contributed by atoms with Gasteiger partial charge in [0.05, 0.1) is 5.41 Å². The smallest absolute Gasteiger partial charge is 0.143 e. The lowest BCUT2D eigenvalue weighted by molar-refractivity contribution is 0.660. The van der Waals surface area contributed by atoms with E-state index in [-0.39, 0.29) is 10.8 Å². The minimum atomic E-state index is -0.791. The van der Waals surface area contributed by atoms with Crippen LogP contribution in [0.1, 0.15) is 72.2 Å². The van der Waals surface area contributed by atoms with Gasteiger partial charge in [0.15, 0.2) is 0 Å². The van der Waals surface area contributed by atoms with Crippen LogP contribution in [0.5, 0.6) is 0 Å². The highest BCUT2D eigenvalue weighted by atomic mass is 16.3. The molecule has 80 heavy (non-hydrogen) atoms. The monoisotopic (exact) mass is 1020 g/mol. The molecule has 0 unspecified atom stereocenters. The summed E-state index contributed by atoms with van der Waals surface area (Å²) in [5.74, 6) is 0. The molecule has 4 aliphatic carbocycles. The summed E-state index contributed by atoms with van der Waals surface area (Å²) in [5.41, 5.74) is 27.8. The van der Waals surface area contributed by atoms with Gasteiger partial charge in [0.25, 0.3) is 0 Å². The molecule has 0 saturated carbocycles. The fourth-order valence-corrected chi connectivity index (χ4v) is 15.2. The van der Waals surface area contributed by atoms with Gasteiger partial charge in [-0.15, -0.1) is 0 Å². The van der Waals surface area contributed by atoms with Crippen molar-refractivity contribution < 1.29 is 4.42 Å². The molecule has 3 heteroatoms. The normalized spacial score (nSPS) is 14.8. The van der Waals surface area contributed by atoms with Crippen LogP contribution >= 0.6 is 0 Å². The van der Waals surface area contributed by atoms with Crippen molar-refractivity contribution in [1.29, 1.82) is 0 Å². The van der Waals surface area contributed by atoms with E-state index in [1.165, 1.54) is 94.2 Å². The quantitative estimate of drug-likeness (QED) is 0.165. The first-order valence-corrected chi connectivity index (χ1v) is 28.2. The van der Waals surface area contributed by atoms with Crippen LogP contribution in [-0.4, -0.2) is 0 Å². The molecule has 0 amide bonds. The molecule has 0 N–H and O–H groups in total. The van der Waals surface area contributed by atoms with E-state index >= 15 is 0 Å². The highest BCUT2D eigenvalue weighted by molar-refractivity contribution is 6.17. The fraction of sp³-hybridized carbons (Fsp3) is 0.0909. The van der Waals surface area contributed by atoms with Crippen molar-refractivity contribution in [1.82, 2.24) is 0 Å². The van der Waals surface area contributed by atoms with Crippen molar-refractivity contribution >= 4 is 66.8 Å². The van der Waals surface area contributed by atoms with Gasteiger partial charge in [-0.2, -0.15) is 0 Å². The third-order valence-electron chi connectivity index (χ3n) is 18.8. The van der Waals surface area contributed by atoms with E-state index in [0.29, 0.717) is 0 Å². The second-order valence-corrected chi connectivity index (χ2v) is 23.5. The molecule has 1 aromatic heterocycles. The third-order valence-corrected chi connectivity index (χ3v) is 18.8. The minimum absolute atomic E-state index is 0.167. The number of anilines is 6. The zero-order valence-corrected chi connectivity index (χ0v) is 45.1. The molecule has 0 fully saturated rings. The Kier molecular flexibility index (Phi) is 9.17. The Morgan fingerprint density at radius 2 is 0.713 bits per heavy atom. The minimum Gasteiger partial charge on any atom is -0.455 e. The summed E-state index contributed by atoms with van der Waals surface area (Å²) in [5, 5.41) is 4.72. The van der Waals surface area contributed by atoms with Gasteiger partial charge in [0.1, 0.15) is 11.2 Å². The second-order valence-electron chi connectivity index (χ2n) is 23.5. The predicted octanol–water partition coefficient (Wildman–Crippen LogP) is 20.6. The predicted molar refractivity (Wildman–Crippen MR) is 332 cm³/mol. The van der Waals surface area contributed by atoms with Crippen LogP contribution in [-0.2, 0) is 16.2 Å². The number of rotatable bonds is 6. The van der Waals surface area contributed by atoms with Gasteiger partial charge < -0.3 is 14.2 Å². The number of fused-ring (bicyclic) bond motifs is 19. The highest BCUT2D eigenvalue weighted by Crippen LogP contribution is 2.65. The van der Waals surface area contributed by atoms with Gasteiger partial charge >= 0.3 is 0 Å². The van der Waals surface area contributed by atoms with Crippen molar-refractivity contribution in [3.8, 4) is 44.5 Å². The van der Waals surface area contributed by atoms with Crippen molar-refractivity contribution in [2.45, 2.75) is 43.9 Å². The van der Waals surface area contributed by atoms with E-state index in [1.807, 2.05) is 0 Å². The van der Waals surface area contributed by atoms with E-state index < -0.39 is 5.41 Å². The lowest BCUT2D eigenvalue weighted by atomic mass is 9.61. The first kappa shape index (κ1) is 45.3. The SMILES string of the molecule is CC1(C)c2ccccc2-c2ccc(N(c3ccccc3)c3ccc4c(c3)C3(c5cc(N(c6ccccc6)c6ccc7c(c6)C(C)(C)c6ccccc6-7)ccc5-4)c4ccc5c(oc6ccccc65)c4-c4cccc5cccc3c45)cc21. The maximum Gasteiger partial charge on any atom is 0.143 e. The molecule has 17 rings (SSSR count). The fourth-order valence-electron chi connectivity index (χ4n) is 15.2. The highest BCUT2D eigenvalue weighted by Gasteiger charge is 2.52. The molecule has 0 atom stereocenters. The van der Waals surface area contributed by atoms with E-state index in [0.717, 1.165) is 61.6 Å². The Hall–Kier alpha value is -9.70. The molecule has 1 heterocycles. The molecular weight excluding hydrogens is 969 g/mol. The van der Waals surface area contributed by atoms with Crippen LogP contribution in [0.2, 0.25) is 0 Å². The molecule has 3 nitrogen and oxygen atoms in total. The molecule has 12 aromatic carbocycles. The van der Waals surface area contributed by atoms with E-state index in [2.05, 4.69) is 292 Å². The number of benzene rings is 12. The summed E-state index contributed by atoms with van der Waals surface area (Å²) >= 11 is 0. The summed E-state index contributed by atoms with van der Waals surface area (Å²) in [6.07, 6.45) is 0. The second kappa shape index (κ2) is 16.2. The average Bonchev–Trinajstić information content (AvgIpc) is 3.56. The van der Waals surface area contributed by atoms with Gasteiger partial charge in [-0.05, 0) is 173 Å². The van der Waals surface area contributed by atoms with Gasteiger partial charge in [-0.3, -0.25) is 0 Å². The number of para-hydroxylation sites is 3. The summed E-state index contributed by atoms with van der Waals surface area (Å²) in [6.45, 7) is 9.50. The van der Waals surface area contributed by atoms with Crippen LogP contribution in [0, 0.1) is 0 Å². The van der Waals surface area contributed by atoms with Crippen LogP contribution < -0.4 is 9.80 Å². The summed E-state index contributed by atoms with van der Waals surface area (Å²) < 4.78 is 7.17. The van der Waals surface area contributed by atoms with E-state index in [9.17, 15) is 0 Å². The summed E-state index contributed by atoms with van der Waals surface area (Å²) in [6, 6.07) is 95.7. The topological polar surface area (TPSA) is 19.6 Å². The van der Waals surface area contributed by atoms with Crippen molar-refractivity contribution in [2.24, 2.45) is 0 Å². The summed E-state index contributed by atoms with van der Waals surface area (Å²) in [7, 11) is 0. The maximum atomic E-state index is 7.17. The Bertz CT molecular complexity index is 4580. The van der Waals surface area contributed by atoms with Gasteiger partial charge in [0.2, 0.25) is 0 Å². The Morgan fingerprint density at radius 3 is 1.26 bits per heavy atom. The Morgan fingerprint density at radius 1 is 0.287 bits per heavy atom. The molecule has 13 aromatic rings. The summed E-state index contributed by atoms with van der Waals surface area (Å²) in [4.78, 5) is 4.96. The van der Waals surface area contributed by atoms with Crippen LogP contribution in [0.15, 0.2) is 259 Å².